The molecule has 0 fully saturated rings. The van der Waals surface area contributed by atoms with Crippen LogP contribution in [0.1, 0.15) is 18.7 Å². The van der Waals surface area contributed by atoms with E-state index in [0.717, 1.165) is 16.3 Å². The van der Waals surface area contributed by atoms with Crippen molar-refractivity contribution >= 4 is 34.7 Å². The van der Waals surface area contributed by atoms with Crippen LogP contribution in [0.15, 0.2) is 40.1 Å². The van der Waals surface area contributed by atoms with Crippen LogP contribution in [-0.2, 0) is 4.79 Å². The number of benzene rings is 1. The summed E-state index contributed by atoms with van der Waals surface area (Å²) >= 11 is 3.02. The van der Waals surface area contributed by atoms with E-state index in [1.54, 1.807) is 11.3 Å². The van der Waals surface area contributed by atoms with Gasteiger partial charge in [-0.1, -0.05) is 12.1 Å². The summed E-state index contributed by atoms with van der Waals surface area (Å²) in [7, 11) is 0. The largest absolute Gasteiger partial charge is 0.376 e. The van der Waals surface area contributed by atoms with Crippen LogP contribution in [0.3, 0.4) is 0 Å². The van der Waals surface area contributed by atoms with Crippen molar-refractivity contribution in [2.24, 2.45) is 5.73 Å². The lowest BCUT2D eigenvalue weighted by atomic mass is 10.2. The molecule has 0 saturated heterocycles. The lowest BCUT2D eigenvalue weighted by Gasteiger charge is -2.16. The molecule has 0 aliphatic heterocycles. The minimum absolute atomic E-state index is 0.126. The number of amides is 1. The monoisotopic (exact) mass is 293 g/mol. The number of primary amides is 1. The summed E-state index contributed by atoms with van der Waals surface area (Å²) in [4.78, 5) is 16.2. The molecule has 2 aromatic rings. The second kappa shape index (κ2) is 6.58. The van der Waals surface area contributed by atoms with Gasteiger partial charge in [0.1, 0.15) is 0 Å². The van der Waals surface area contributed by atoms with Crippen LogP contribution in [0.25, 0.3) is 0 Å². The Kier molecular flexibility index (Phi) is 4.81. The minimum atomic E-state index is -0.313. The molecule has 0 aliphatic rings. The van der Waals surface area contributed by atoms with Gasteiger partial charge in [0.15, 0.2) is 0 Å². The molecule has 100 valence electrons. The highest BCUT2D eigenvalue weighted by Gasteiger charge is 2.10. The van der Waals surface area contributed by atoms with Crippen LogP contribution >= 0.6 is 23.1 Å². The third-order valence-corrected chi connectivity index (χ3v) is 4.22. The van der Waals surface area contributed by atoms with Crippen LogP contribution in [-0.4, -0.2) is 16.6 Å². The Hall–Kier alpha value is -1.53. The van der Waals surface area contributed by atoms with Crippen molar-refractivity contribution in [3.8, 4) is 0 Å². The summed E-state index contributed by atoms with van der Waals surface area (Å²) in [6.07, 6.45) is 0. The topological polar surface area (TPSA) is 68.0 Å². The van der Waals surface area contributed by atoms with Crippen molar-refractivity contribution in [3.63, 3.8) is 0 Å². The summed E-state index contributed by atoms with van der Waals surface area (Å²) in [5.41, 5.74) is 9.01. The Bertz CT molecular complexity index is 543. The van der Waals surface area contributed by atoms with Crippen molar-refractivity contribution in [1.29, 1.82) is 0 Å². The van der Waals surface area contributed by atoms with E-state index in [0.29, 0.717) is 0 Å². The van der Waals surface area contributed by atoms with Crippen molar-refractivity contribution in [2.45, 2.75) is 17.9 Å². The standard InChI is InChI=1S/C13H15N3OS2/c1-9(11-6-18-8-15-11)16-10-4-2-3-5-12(10)19-7-13(14)17/h2-6,8-9,16H,7H2,1H3,(H2,14,17). The van der Waals surface area contributed by atoms with Gasteiger partial charge < -0.3 is 11.1 Å². The predicted octanol–water partition coefficient (Wildman–Crippen LogP) is 2.89. The third kappa shape index (κ3) is 3.97. The van der Waals surface area contributed by atoms with E-state index in [1.807, 2.05) is 35.2 Å². The molecule has 19 heavy (non-hydrogen) atoms. The number of carbonyl (C=O) groups excluding carboxylic acids is 1. The molecule has 1 amide bonds. The zero-order valence-corrected chi connectivity index (χ0v) is 12.1. The Morgan fingerprint density at radius 2 is 2.32 bits per heavy atom. The Morgan fingerprint density at radius 3 is 3.00 bits per heavy atom. The molecule has 1 aromatic heterocycles. The van der Waals surface area contributed by atoms with E-state index in [9.17, 15) is 4.79 Å². The third-order valence-electron chi connectivity index (χ3n) is 2.52. The molecule has 0 spiro atoms. The highest BCUT2D eigenvalue weighted by molar-refractivity contribution is 8.00. The number of thiazole rings is 1. The number of carbonyl (C=O) groups is 1. The summed E-state index contributed by atoms with van der Waals surface area (Å²) in [5.74, 6) is -0.0311. The van der Waals surface area contributed by atoms with E-state index in [1.165, 1.54) is 11.8 Å². The maximum absolute atomic E-state index is 10.9. The lowest BCUT2D eigenvalue weighted by Crippen LogP contribution is -2.13. The van der Waals surface area contributed by atoms with E-state index in [2.05, 4.69) is 17.2 Å². The Morgan fingerprint density at radius 1 is 1.53 bits per heavy atom. The Balaban J connectivity index is 2.09. The highest BCUT2D eigenvalue weighted by Crippen LogP contribution is 2.29. The molecule has 0 aliphatic carbocycles. The maximum atomic E-state index is 10.9. The molecule has 0 saturated carbocycles. The van der Waals surface area contributed by atoms with Crippen molar-refractivity contribution in [3.05, 3.63) is 40.8 Å². The highest BCUT2D eigenvalue weighted by atomic mass is 32.2. The number of nitrogens with two attached hydrogens (primary N) is 1. The first-order chi connectivity index (χ1) is 9.16. The number of nitrogens with zero attached hydrogens (tertiary/aromatic N) is 1. The van der Waals surface area contributed by atoms with Gasteiger partial charge in [-0.05, 0) is 19.1 Å². The number of nitrogens with one attached hydrogen (secondary N) is 1. The van der Waals surface area contributed by atoms with E-state index < -0.39 is 0 Å². The zero-order chi connectivity index (χ0) is 13.7. The SMILES string of the molecule is CC(Nc1ccccc1SCC(N)=O)c1cscn1. The van der Waals surface area contributed by atoms with Crippen LogP contribution in [0.4, 0.5) is 5.69 Å². The average molecular weight is 293 g/mol. The number of para-hydroxylation sites is 1. The second-order valence-electron chi connectivity index (χ2n) is 4.03. The average Bonchev–Trinajstić information content (AvgIpc) is 2.91. The number of aromatic nitrogens is 1. The molecular weight excluding hydrogens is 278 g/mol. The minimum Gasteiger partial charge on any atom is -0.376 e. The maximum Gasteiger partial charge on any atom is 0.227 e. The normalized spacial score (nSPS) is 12.1. The van der Waals surface area contributed by atoms with Crippen LogP contribution in [0.5, 0.6) is 0 Å². The number of rotatable bonds is 6. The van der Waals surface area contributed by atoms with Gasteiger partial charge in [0.2, 0.25) is 5.91 Å². The summed E-state index contributed by atoms with van der Waals surface area (Å²) in [6.45, 7) is 2.06. The Labute approximate surface area is 120 Å². The van der Waals surface area contributed by atoms with Gasteiger partial charge in [0.05, 0.1) is 23.0 Å². The molecule has 0 bridgehead atoms. The fraction of sp³-hybridized carbons (Fsp3) is 0.231. The fourth-order valence-corrected chi connectivity index (χ4v) is 3.01. The van der Waals surface area contributed by atoms with Gasteiger partial charge >= 0.3 is 0 Å². The first-order valence-corrected chi connectivity index (χ1v) is 7.74. The van der Waals surface area contributed by atoms with Crippen molar-refractivity contribution in [2.75, 3.05) is 11.1 Å². The molecule has 2 rings (SSSR count). The zero-order valence-electron chi connectivity index (χ0n) is 10.5. The molecule has 4 nitrogen and oxygen atoms in total. The van der Waals surface area contributed by atoms with Gasteiger partial charge in [-0.3, -0.25) is 4.79 Å². The number of hydrogen-bond donors (Lipinski definition) is 2. The number of hydrogen-bond acceptors (Lipinski definition) is 5. The van der Waals surface area contributed by atoms with E-state index >= 15 is 0 Å². The fourth-order valence-electron chi connectivity index (χ4n) is 1.60. The molecule has 1 aromatic carbocycles. The first kappa shape index (κ1) is 13.9. The van der Waals surface area contributed by atoms with Crippen molar-refractivity contribution in [1.82, 2.24) is 4.98 Å². The molecule has 1 heterocycles. The molecule has 1 atom stereocenters. The summed E-state index contributed by atoms with van der Waals surface area (Å²) in [6, 6.07) is 8.00. The van der Waals surface area contributed by atoms with Crippen LogP contribution in [0.2, 0.25) is 0 Å². The van der Waals surface area contributed by atoms with Gasteiger partial charge in [-0.15, -0.1) is 23.1 Å². The van der Waals surface area contributed by atoms with Gasteiger partial charge in [-0.25, -0.2) is 4.98 Å². The smallest absolute Gasteiger partial charge is 0.227 e. The van der Waals surface area contributed by atoms with Crippen LogP contribution in [0, 0.1) is 0 Å². The quantitative estimate of drug-likeness (QED) is 0.804. The van der Waals surface area contributed by atoms with Gasteiger partial charge in [0.25, 0.3) is 0 Å². The lowest BCUT2D eigenvalue weighted by molar-refractivity contribution is -0.115. The molecule has 3 N–H and O–H groups in total. The van der Waals surface area contributed by atoms with Gasteiger partial charge in [0, 0.05) is 16.0 Å². The van der Waals surface area contributed by atoms with E-state index in [-0.39, 0.29) is 17.7 Å². The molecule has 0 radical (unpaired) electrons. The summed E-state index contributed by atoms with van der Waals surface area (Å²) in [5, 5.41) is 5.43. The van der Waals surface area contributed by atoms with Crippen molar-refractivity contribution < 1.29 is 4.79 Å². The number of thioether (sulfide) groups is 1. The second-order valence-corrected chi connectivity index (χ2v) is 5.77. The molecular formula is C13H15N3OS2. The van der Waals surface area contributed by atoms with Gasteiger partial charge in [-0.2, -0.15) is 0 Å². The number of anilines is 1. The molecule has 6 heteroatoms. The summed E-state index contributed by atoms with van der Waals surface area (Å²) < 4.78 is 0. The van der Waals surface area contributed by atoms with Crippen LogP contribution < -0.4 is 11.1 Å². The molecule has 1 unspecified atom stereocenters. The van der Waals surface area contributed by atoms with E-state index in [4.69, 9.17) is 5.73 Å². The first-order valence-electron chi connectivity index (χ1n) is 5.81. The predicted molar refractivity (Wildman–Crippen MR) is 80.5 cm³/mol.